The predicted molar refractivity (Wildman–Crippen MR) is 448 cm³/mol. The van der Waals surface area contributed by atoms with Gasteiger partial charge in [-0.3, -0.25) is 4.98 Å². The molecule has 0 aliphatic heterocycles. The van der Waals surface area contributed by atoms with E-state index in [4.69, 9.17) is 19.0 Å². The van der Waals surface area contributed by atoms with Crippen LogP contribution in [0.15, 0.2) is 295 Å². The Kier molecular flexibility index (Phi) is 34.9. The first-order chi connectivity index (χ1) is 52.6. The van der Waals surface area contributed by atoms with Crippen molar-refractivity contribution in [3.05, 3.63) is 350 Å². The number of rotatable bonds is 12. The largest absolute Gasteiger partial charge is 3.00 e. The minimum absolute atomic E-state index is 0. The van der Waals surface area contributed by atoms with Gasteiger partial charge in [-0.1, -0.05) is 203 Å². The number of benzene rings is 8. The van der Waals surface area contributed by atoms with Gasteiger partial charge in [0.15, 0.2) is 0 Å². The zero-order chi connectivity index (χ0) is 76.9. The van der Waals surface area contributed by atoms with Crippen LogP contribution < -0.4 is 0 Å². The molecule has 8 aromatic carbocycles. The number of hydrogen-bond acceptors (Lipinski definition) is 10. The molecule has 0 spiro atoms. The van der Waals surface area contributed by atoms with Gasteiger partial charge < -0.3 is 44.0 Å². The Bertz CT molecular complexity index is 4800. The van der Waals surface area contributed by atoms with Gasteiger partial charge in [-0.15, -0.1) is 162 Å². The number of furan rings is 2. The molecule has 8 heterocycles. The van der Waals surface area contributed by atoms with Gasteiger partial charge in [0, 0.05) is 93.2 Å². The summed E-state index contributed by atoms with van der Waals surface area (Å²) in [4.78, 5) is 26.8. The number of fused-ring (bicyclic) bond motifs is 6. The van der Waals surface area contributed by atoms with Crippen LogP contribution in [0, 0.1) is 30.3 Å². The Morgan fingerprint density at radius 2 is 0.591 bits per heavy atom. The smallest absolute Gasteiger partial charge is 0.501 e. The van der Waals surface area contributed by atoms with Crippen molar-refractivity contribution in [1.82, 2.24) is 29.9 Å². The van der Waals surface area contributed by atoms with Crippen LogP contribution in [-0.4, -0.2) is 54.3 Å². The monoisotopic (exact) mass is 1810 g/mol. The molecular formula is C98H97Ir2N6O4-2. The topological polar surface area (TPSA) is 144 Å². The zero-order valence-electron chi connectivity index (χ0n) is 65.2. The fraction of sp³-hybridized carbons (Fsp3) is 0.204. The molecule has 10 nitrogen and oxygen atoms in total. The molecule has 0 amide bonds. The maximum Gasteiger partial charge on any atom is 3.00 e. The average Bonchev–Trinajstić information content (AvgIpc) is 1.62. The number of aliphatic hydroxyl groups excluding tert-OH is 2. The summed E-state index contributed by atoms with van der Waals surface area (Å²) in [6.07, 6.45) is 11.5. The number of aliphatic hydroxyl groups is 2. The predicted octanol–water partition coefficient (Wildman–Crippen LogP) is 25.2. The van der Waals surface area contributed by atoms with E-state index in [-0.39, 0.29) is 40.2 Å². The summed E-state index contributed by atoms with van der Waals surface area (Å²) in [6, 6.07) is 99.3. The summed E-state index contributed by atoms with van der Waals surface area (Å²) >= 11 is 0. The van der Waals surface area contributed by atoms with E-state index in [9.17, 15) is 0 Å². The second-order valence-electron chi connectivity index (χ2n) is 27.4. The third-order valence-corrected chi connectivity index (χ3v) is 17.9. The first-order valence-corrected chi connectivity index (χ1v) is 36.8. The number of aromatic nitrogens is 6. The molecule has 16 aromatic rings. The van der Waals surface area contributed by atoms with Crippen LogP contribution in [0.3, 0.4) is 0 Å². The van der Waals surface area contributed by atoms with Crippen LogP contribution >= 0.6 is 0 Å². The van der Waals surface area contributed by atoms with Gasteiger partial charge in [0.2, 0.25) is 0 Å². The Hall–Kier alpha value is -10.5. The molecule has 563 valence electrons. The molecule has 12 heteroatoms. The summed E-state index contributed by atoms with van der Waals surface area (Å²) in [5.74, 6) is 3.09. The first kappa shape index (κ1) is 86.7. The van der Waals surface area contributed by atoms with Crippen molar-refractivity contribution in [2.75, 3.05) is 14.2 Å². The van der Waals surface area contributed by atoms with Crippen molar-refractivity contribution in [2.24, 2.45) is 0 Å². The third kappa shape index (κ3) is 23.7. The average molecular weight is 1810 g/mol. The molecule has 0 bridgehead atoms. The molecule has 110 heavy (non-hydrogen) atoms. The van der Waals surface area contributed by atoms with Gasteiger partial charge in [0.1, 0.15) is 16.7 Å². The van der Waals surface area contributed by atoms with Crippen LogP contribution in [0.2, 0.25) is 0 Å². The maximum atomic E-state index is 7.00. The second-order valence-corrected chi connectivity index (χ2v) is 27.4. The van der Waals surface area contributed by atoms with Crippen molar-refractivity contribution in [1.29, 1.82) is 0 Å². The van der Waals surface area contributed by atoms with E-state index in [0.29, 0.717) is 35.5 Å². The molecule has 0 atom stereocenters. The van der Waals surface area contributed by atoms with Crippen LogP contribution in [0.4, 0.5) is 0 Å². The maximum absolute atomic E-state index is 7.00. The quantitative estimate of drug-likeness (QED) is 0.113. The van der Waals surface area contributed by atoms with E-state index in [1.165, 1.54) is 33.4 Å². The zero-order valence-corrected chi connectivity index (χ0v) is 70.0. The van der Waals surface area contributed by atoms with Crippen LogP contribution in [0.25, 0.3) is 111 Å². The van der Waals surface area contributed by atoms with E-state index in [2.05, 4.69) is 253 Å². The number of hydrogen-bond donors (Lipinski definition) is 2. The van der Waals surface area contributed by atoms with Crippen LogP contribution in [0.1, 0.15) is 152 Å². The summed E-state index contributed by atoms with van der Waals surface area (Å²) in [5, 5.41) is 18.5. The number of pyridine rings is 6. The SMILES string of the molecule is CC(C)c1ccc(-c2[c-]cccc2)nc1.CC(C)c1ccc(-c2[c-]cccc2)nc1.CC(C)c1ccc(-c2[c-]cccc2)nc1.CC(C)c1ccc(-c2[c-]cccc2)nc1.CC(C)c1ccnc(-c2[c-]ccc3c2oc2ccccc23)c1.CC(C)c1ccnc(-c2cccc3c2oc2ccccc23)c1.CO.CO.[Ir+3].[Ir]. The van der Waals surface area contributed by atoms with Crippen molar-refractivity contribution in [3.8, 4) is 67.5 Å². The molecule has 0 unspecified atom stereocenters. The van der Waals surface area contributed by atoms with Gasteiger partial charge in [0.25, 0.3) is 0 Å². The van der Waals surface area contributed by atoms with Crippen LogP contribution in [-0.2, 0) is 40.2 Å². The Morgan fingerprint density at radius 1 is 0.273 bits per heavy atom. The van der Waals surface area contributed by atoms with Crippen molar-refractivity contribution >= 4 is 43.9 Å². The van der Waals surface area contributed by atoms with Crippen molar-refractivity contribution in [3.63, 3.8) is 0 Å². The molecule has 2 N–H and O–H groups in total. The standard InChI is InChI=1S/C20H17NO.C20H16NO.4C14H14N.2CH4O.2Ir/c2*1-13(2)14-10-11-21-18(12-14)17-8-5-7-16-15-6-3-4-9-19(15)22-20(16)17;4*1-11(2)13-8-9-14(15-10-13)12-6-4-3-5-7-12;2*1-2;;/h3-13H,1-2H3;3-7,9-13H,1-2H3;4*3-6,8-11H,1-2H3;2*2H,1H3;;/q;5*-1;;;;+3. The van der Waals surface area contributed by atoms with Gasteiger partial charge >= 0.3 is 20.1 Å². The molecule has 0 aliphatic rings. The van der Waals surface area contributed by atoms with Gasteiger partial charge in [0.05, 0.1) is 11.3 Å². The van der Waals surface area contributed by atoms with Crippen LogP contribution in [0.5, 0.6) is 0 Å². The normalized spacial score (nSPS) is 10.5. The molecule has 1 radical (unpaired) electrons. The van der Waals surface area contributed by atoms with E-state index in [1.54, 1.807) is 0 Å². The molecule has 0 aliphatic carbocycles. The minimum Gasteiger partial charge on any atom is -0.501 e. The number of nitrogens with zero attached hydrogens (tertiary/aromatic N) is 6. The second kappa shape index (κ2) is 44.2. The fourth-order valence-corrected chi connectivity index (χ4v) is 11.6. The van der Waals surface area contributed by atoms with Gasteiger partial charge in [-0.25, -0.2) is 0 Å². The van der Waals surface area contributed by atoms with Gasteiger partial charge in [-0.05, 0) is 128 Å². The van der Waals surface area contributed by atoms with Crippen molar-refractivity contribution < 1.29 is 59.3 Å². The van der Waals surface area contributed by atoms with E-state index in [0.717, 1.165) is 126 Å². The van der Waals surface area contributed by atoms with E-state index < -0.39 is 0 Å². The Labute approximate surface area is 678 Å². The fourth-order valence-electron chi connectivity index (χ4n) is 11.6. The van der Waals surface area contributed by atoms with E-state index in [1.807, 2.05) is 177 Å². The summed E-state index contributed by atoms with van der Waals surface area (Å²) in [5.41, 5.74) is 23.2. The Morgan fingerprint density at radius 3 is 0.927 bits per heavy atom. The molecule has 0 fully saturated rings. The molecule has 0 saturated carbocycles. The minimum atomic E-state index is 0. The Balaban J connectivity index is 0.000000183. The molecular weight excluding hydrogens is 1710 g/mol. The summed E-state index contributed by atoms with van der Waals surface area (Å²) in [7, 11) is 2.00. The van der Waals surface area contributed by atoms with Crippen molar-refractivity contribution in [2.45, 2.75) is 119 Å². The molecule has 16 rings (SSSR count). The van der Waals surface area contributed by atoms with E-state index >= 15 is 0 Å². The summed E-state index contributed by atoms with van der Waals surface area (Å²) in [6.45, 7) is 26.1. The first-order valence-electron chi connectivity index (χ1n) is 36.8. The third-order valence-electron chi connectivity index (χ3n) is 17.9. The summed E-state index contributed by atoms with van der Waals surface area (Å²) < 4.78 is 12.2. The van der Waals surface area contributed by atoms with Gasteiger partial charge in [-0.2, -0.15) is 0 Å². The molecule has 0 saturated heterocycles. The number of para-hydroxylation sites is 3. The molecule has 8 aromatic heterocycles.